The molecule has 0 unspecified atom stereocenters. The van der Waals surface area contributed by atoms with Gasteiger partial charge in [0.2, 0.25) is 0 Å². The molecule has 1 atom stereocenters. The molecule has 2 aromatic carbocycles. The number of ketones is 1. The van der Waals surface area contributed by atoms with Gasteiger partial charge in [0.25, 0.3) is 0 Å². The number of benzene rings is 2. The largest absolute Gasteiger partial charge is 0.507 e. The van der Waals surface area contributed by atoms with Crippen molar-refractivity contribution in [2.45, 2.75) is 25.9 Å². The molecule has 1 aliphatic carbocycles. The maximum atomic E-state index is 12.2. The van der Waals surface area contributed by atoms with Gasteiger partial charge in [-0.15, -0.1) is 0 Å². The van der Waals surface area contributed by atoms with E-state index in [9.17, 15) is 15.0 Å². The second-order valence-corrected chi connectivity index (χ2v) is 5.31. The van der Waals surface area contributed by atoms with Crippen molar-refractivity contribution in [1.82, 2.24) is 0 Å². The van der Waals surface area contributed by atoms with Gasteiger partial charge in [-0.1, -0.05) is 6.07 Å². The highest BCUT2D eigenvalue weighted by molar-refractivity contribution is 6.09. The van der Waals surface area contributed by atoms with E-state index in [4.69, 9.17) is 4.74 Å². The fourth-order valence-electron chi connectivity index (χ4n) is 3.00. The minimum atomic E-state index is -0.643. The third-order valence-corrected chi connectivity index (χ3v) is 3.76. The quantitative estimate of drug-likeness (QED) is 0.836. The van der Waals surface area contributed by atoms with Crippen molar-refractivity contribution in [2.24, 2.45) is 0 Å². The average Bonchev–Trinajstić information content (AvgIpc) is 2.35. The Morgan fingerprint density at radius 3 is 2.70 bits per heavy atom. The zero-order chi connectivity index (χ0) is 14.4. The minimum Gasteiger partial charge on any atom is -0.507 e. The van der Waals surface area contributed by atoms with Crippen LogP contribution in [0.1, 0.15) is 27.9 Å². The lowest BCUT2D eigenvalue weighted by Crippen LogP contribution is -2.24. The maximum Gasteiger partial charge on any atom is 0.169 e. The van der Waals surface area contributed by atoms with Gasteiger partial charge in [0.1, 0.15) is 11.5 Å². The molecule has 0 saturated heterocycles. The highest BCUT2D eigenvalue weighted by atomic mass is 16.5. The molecule has 1 aliphatic rings. The van der Waals surface area contributed by atoms with E-state index < -0.39 is 6.10 Å². The molecular formula is C16H16O4. The summed E-state index contributed by atoms with van der Waals surface area (Å²) in [5.74, 6) is 0.378. The van der Waals surface area contributed by atoms with Gasteiger partial charge in [-0.3, -0.25) is 4.79 Å². The molecule has 0 spiro atoms. The molecule has 2 N–H and O–H groups in total. The summed E-state index contributed by atoms with van der Waals surface area (Å²) < 4.78 is 5.39. The number of phenolic OH excluding ortho intramolecular Hbond substituents is 1. The van der Waals surface area contributed by atoms with Gasteiger partial charge in [0, 0.05) is 6.42 Å². The van der Waals surface area contributed by atoms with Crippen molar-refractivity contribution in [3.63, 3.8) is 0 Å². The van der Waals surface area contributed by atoms with Crippen molar-refractivity contribution in [2.75, 3.05) is 7.11 Å². The summed E-state index contributed by atoms with van der Waals surface area (Å²) >= 11 is 0. The van der Waals surface area contributed by atoms with Crippen molar-refractivity contribution < 1.29 is 19.7 Å². The molecule has 2 aromatic rings. The molecule has 0 heterocycles. The summed E-state index contributed by atoms with van der Waals surface area (Å²) in [7, 11) is 1.49. The number of fused-ring (bicyclic) bond motifs is 2. The van der Waals surface area contributed by atoms with Crippen LogP contribution in [0.2, 0.25) is 0 Å². The van der Waals surface area contributed by atoms with E-state index in [1.54, 1.807) is 6.07 Å². The highest BCUT2D eigenvalue weighted by Gasteiger charge is 2.29. The summed E-state index contributed by atoms with van der Waals surface area (Å²) in [6, 6.07) is 5.45. The first-order chi connectivity index (χ1) is 9.51. The third-order valence-electron chi connectivity index (χ3n) is 3.76. The molecule has 104 valence electrons. The Hall–Kier alpha value is -2.07. The van der Waals surface area contributed by atoms with Crippen LogP contribution in [0.25, 0.3) is 10.8 Å². The van der Waals surface area contributed by atoms with Crippen LogP contribution < -0.4 is 4.74 Å². The van der Waals surface area contributed by atoms with E-state index in [0.717, 1.165) is 16.5 Å². The third kappa shape index (κ3) is 1.84. The van der Waals surface area contributed by atoms with E-state index in [1.165, 1.54) is 7.11 Å². The average molecular weight is 272 g/mol. The summed E-state index contributed by atoms with van der Waals surface area (Å²) in [5, 5.41) is 21.3. The topological polar surface area (TPSA) is 66.8 Å². The molecule has 0 fully saturated rings. The number of aromatic hydroxyl groups is 1. The standard InChI is InChI=1S/C16H16O4/c1-8-3-9-5-10-6-11(17)7-13(19)15(10)16(20-2)14(9)12(18)4-8/h3-5,11,17-18H,6-7H2,1-2H3/t11-/m1/s1. The van der Waals surface area contributed by atoms with Gasteiger partial charge in [0.15, 0.2) is 5.78 Å². The summed E-state index contributed by atoms with van der Waals surface area (Å²) in [4.78, 5) is 12.2. The van der Waals surface area contributed by atoms with Crippen LogP contribution in [-0.2, 0) is 6.42 Å². The number of phenols is 1. The Morgan fingerprint density at radius 1 is 1.25 bits per heavy atom. The number of ether oxygens (including phenoxy) is 1. The molecule has 4 heteroatoms. The van der Waals surface area contributed by atoms with Gasteiger partial charge in [-0.2, -0.15) is 0 Å². The molecule has 0 radical (unpaired) electrons. The van der Waals surface area contributed by atoms with Gasteiger partial charge in [-0.25, -0.2) is 0 Å². The monoisotopic (exact) mass is 272 g/mol. The minimum absolute atomic E-state index is 0.0987. The number of aryl methyl sites for hydroxylation is 1. The van der Waals surface area contributed by atoms with Crippen LogP contribution in [-0.4, -0.2) is 29.2 Å². The number of rotatable bonds is 1. The van der Waals surface area contributed by atoms with Crippen LogP contribution in [0.4, 0.5) is 0 Å². The van der Waals surface area contributed by atoms with Gasteiger partial charge < -0.3 is 14.9 Å². The predicted molar refractivity (Wildman–Crippen MR) is 75.6 cm³/mol. The number of carbonyl (C=O) groups is 1. The van der Waals surface area contributed by atoms with Gasteiger partial charge >= 0.3 is 0 Å². The summed E-state index contributed by atoms with van der Waals surface area (Å²) in [6.07, 6.45) is -0.112. The van der Waals surface area contributed by atoms with Crippen molar-refractivity contribution in [3.05, 3.63) is 34.9 Å². The fourth-order valence-corrected chi connectivity index (χ4v) is 3.00. The van der Waals surface area contributed by atoms with E-state index in [-0.39, 0.29) is 18.0 Å². The van der Waals surface area contributed by atoms with E-state index >= 15 is 0 Å². The number of methoxy groups -OCH3 is 1. The molecule has 0 aliphatic heterocycles. The van der Waals surface area contributed by atoms with Crippen LogP contribution in [0.15, 0.2) is 18.2 Å². The first kappa shape index (κ1) is 12.9. The van der Waals surface area contributed by atoms with Gasteiger partial charge in [-0.05, 0) is 42.0 Å². The van der Waals surface area contributed by atoms with Crippen LogP contribution in [0.5, 0.6) is 11.5 Å². The maximum absolute atomic E-state index is 12.2. The number of hydrogen-bond donors (Lipinski definition) is 2. The lowest BCUT2D eigenvalue weighted by molar-refractivity contribution is 0.0850. The van der Waals surface area contributed by atoms with Crippen LogP contribution >= 0.6 is 0 Å². The normalized spacial score (nSPS) is 18.1. The number of aliphatic hydroxyl groups excluding tert-OH is 1. The SMILES string of the molecule is COc1c2c(cc3cc(C)cc(O)c13)C[C@@H](O)CC2=O. The predicted octanol–water partition coefficient (Wildman–Crippen LogP) is 2.35. The summed E-state index contributed by atoms with van der Waals surface area (Å²) in [6.45, 7) is 1.89. The van der Waals surface area contributed by atoms with Crippen molar-refractivity contribution in [1.29, 1.82) is 0 Å². The Bertz CT molecular complexity index is 718. The Kier molecular flexibility index (Phi) is 2.91. The molecule has 0 amide bonds. The Morgan fingerprint density at radius 2 is 2.00 bits per heavy atom. The zero-order valence-corrected chi connectivity index (χ0v) is 11.4. The lowest BCUT2D eigenvalue weighted by Gasteiger charge is -2.23. The molecule has 3 rings (SSSR count). The smallest absolute Gasteiger partial charge is 0.169 e. The summed E-state index contributed by atoms with van der Waals surface area (Å²) in [5.41, 5.74) is 2.20. The van der Waals surface area contributed by atoms with Gasteiger partial charge in [0.05, 0.1) is 24.2 Å². The first-order valence-electron chi connectivity index (χ1n) is 6.55. The Labute approximate surface area is 116 Å². The number of carbonyl (C=O) groups excluding carboxylic acids is 1. The van der Waals surface area contributed by atoms with Crippen LogP contribution in [0, 0.1) is 6.92 Å². The second-order valence-electron chi connectivity index (χ2n) is 5.31. The molecule has 4 nitrogen and oxygen atoms in total. The van der Waals surface area contributed by atoms with E-state index in [0.29, 0.717) is 23.1 Å². The molecule has 0 bridgehead atoms. The molecule has 0 aromatic heterocycles. The van der Waals surface area contributed by atoms with E-state index in [1.807, 2.05) is 19.1 Å². The number of hydrogen-bond acceptors (Lipinski definition) is 4. The number of aliphatic hydroxyl groups is 1. The second kappa shape index (κ2) is 4.49. The fraction of sp³-hybridized carbons (Fsp3) is 0.312. The van der Waals surface area contributed by atoms with Crippen molar-refractivity contribution in [3.8, 4) is 11.5 Å². The van der Waals surface area contributed by atoms with Crippen molar-refractivity contribution >= 4 is 16.6 Å². The zero-order valence-electron chi connectivity index (χ0n) is 11.4. The molecule has 0 saturated carbocycles. The molecular weight excluding hydrogens is 256 g/mol. The molecule has 20 heavy (non-hydrogen) atoms. The Balaban J connectivity index is 2.42. The lowest BCUT2D eigenvalue weighted by atomic mass is 9.85. The highest BCUT2D eigenvalue weighted by Crippen LogP contribution is 2.41. The van der Waals surface area contributed by atoms with E-state index in [2.05, 4.69) is 0 Å². The van der Waals surface area contributed by atoms with Crippen LogP contribution in [0.3, 0.4) is 0 Å². The number of Topliss-reactive ketones (excluding diaryl/α,β-unsaturated/α-hetero) is 1. The first-order valence-corrected chi connectivity index (χ1v) is 6.55.